The first-order chi connectivity index (χ1) is 8.44. The number of nitrogens with one attached hydrogen (secondary N) is 2. The number of nitrogens with zero attached hydrogens (tertiary/aromatic N) is 2. The zero-order valence-corrected chi connectivity index (χ0v) is 10.8. The number of likely N-dealkylation sites (tertiary alicyclic amines) is 1. The van der Waals surface area contributed by atoms with Crippen molar-refractivity contribution in [1.82, 2.24) is 15.5 Å². The summed E-state index contributed by atoms with van der Waals surface area (Å²) in [5.41, 5.74) is 0. The van der Waals surface area contributed by atoms with Crippen molar-refractivity contribution in [1.29, 1.82) is 0 Å². The van der Waals surface area contributed by atoms with E-state index >= 15 is 0 Å². The van der Waals surface area contributed by atoms with E-state index in [1.54, 1.807) is 7.05 Å². The van der Waals surface area contributed by atoms with Crippen molar-refractivity contribution < 1.29 is 13.2 Å². The van der Waals surface area contributed by atoms with Crippen LogP contribution < -0.4 is 10.6 Å². The van der Waals surface area contributed by atoms with Gasteiger partial charge >= 0.3 is 6.18 Å². The van der Waals surface area contributed by atoms with Gasteiger partial charge in [-0.05, 0) is 12.8 Å². The number of guanidine groups is 1. The van der Waals surface area contributed by atoms with Gasteiger partial charge in [-0.2, -0.15) is 13.2 Å². The van der Waals surface area contributed by atoms with Gasteiger partial charge in [0.2, 0.25) is 0 Å². The average molecular weight is 266 g/mol. The highest BCUT2D eigenvalue weighted by Gasteiger charge is 2.34. The highest BCUT2D eigenvalue weighted by Crippen LogP contribution is 2.19. The molecule has 1 aliphatic rings. The molecule has 2 N–H and O–H groups in total. The lowest BCUT2D eigenvalue weighted by Crippen LogP contribution is -2.45. The van der Waals surface area contributed by atoms with Gasteiger partial charge in [0.25, 0.3) is 0 Å². The lowest BCUT2D eigenvalue weighted by Gasteiger charge is -2.19. The molecule has 1 fully saturated rings. The summed E-state index contributed by atoms with van der Waals surface area (Å²) >= 11 is 0. The third-order valence-electron chi connectivity index (χ3n) is 2.78. The maximum absolute atomic E-state index is 12.2. The molecule has 0 amide bonds. The van der Waals surface area contributed by atoms with E-state index in [-0.39, 0.29) is 6.04 Å². The zero-order valence-electron chi connectivity index (χ0n) is 10.8. The van der Waals surface area contributed by atoms with Gasteiger partial charge in [-0.15, -0.1) is 0 Å². The second-order valence-electron chi connectivity index (χ2n) is 4.48. The predicted octanol–water partition coefficient (Wildman–Crippen LogP) is 1.20. The molecule has 106 valence electrons. The Morgan fingerprint density at radius 2 is 2.17 bits per heavy atom. The van der Waals surface area contributed by atoms with Crippen LogP contribution in [0.1, 0.15) is 19.8 Å². The van der Waals surface area contributed by atoms with Crippen molar-refractivity contribution in [2.75, 3.05) is 33.2 Å². The standard InChI is InChI=1S/C11H21F3N4/c1-3-5-16-10(15-2)17-9-4-6-18(7-9)8-11(12,13)14/h9H,3-8H2,1-2H3,(H2,15,16,17). The molecule has 1 aliphatic heterocycles. The van der Waals surface area contributed by atoms with Crippen LogP contribution in [0, 0.1) is 0 Å². The molecule has 0 radical (unpaired) electrons. The zero-order chi connectivity index (χ0) is 13.6. The van der Waals surface area contributed by atoms with Crippen molar-refractivity contribution in [3.63, 3.8) is 0 Å². The molecule has 0 aliphatic carbocycles. The Balaban J connectivity index is 2.33. The van der Waals surface area contributed by atoms with E-state index in [1.165, 1.54) is 4.90 Å². The Kier molecular flexibility index (Phi) is 5.71. The summed E-state index contributed by atoms with van der Waals surface area (Å²) in [4.78, 5) is 5.46. The van der Waals surface area contributed by atoms with Crippen LogP contribution in [0.5, 0.6) is 0 Å². The van der Waals surface area contributed by atoms with Gasteiger partial charge in [0, 0.05) is 32.7 Å². The van der Waals surface area contributed by atoms with E-state index < -0.39 is 12.7 Å². The fourth-order valence-corrected chi connectivity index (χ4v) is 1.98. The number of halogens is 3. The van der Waals surface area contributed by atoms with Crippen LogP contribution in [0.3, 0.4) is 0 Å². The summed E-state index contributed by atoms with van der Waals surface area (Å²) in [6.07, 6.45) is -2.43. The van der Waals surface area contributed by atoms with Crippen LogP contribution in [0.4, 0.5) is 13.2 Å². The maximum Gasteiger partial charge on any atom is 0.401 e. The highest BCUT2D eigenvalue weighted by molar-refractivity contribution is 5.79. The average Bonchev–Trinajstić information content (AvgIpc) is 2.69. The smallest absolute Gasteiger partial charge is 0.356 e. The van der Waals surface area contributed by atoms with Crippen LogP contribution in [-0.4, -0.2) is 56.3 Å². The molecule has 0 aromatic rings. The topological polar surface area (TPSA) is 39.7 Å². The minimum atomic E-state index is -4.11. The van der Waals surface area contributed by atoms with Crippen LogP contribution in [-0.2, 0) is 0 Å². The molecule has 1 atom stereocenters. The van der Waals surface area contributed by atoms with Crippen LogP contribution >= 0.6 is 0 Å². The molecule has 1 unspecified atom stereocenters. The number of hydrogen-bond acceptors (Lipinski definition) is 2. The Morgan fingerprint density at radius 3 is 2.72 bits per heavy atom. The van der Waals surface area contributed by atoms with E-state index in [9.17, 15) is 13.2 Å². The minimum absolute atomic E-state index is 0.0374. The molecular formula is C11H21F3N4. The monoisotopic (exact) mass is 266 g/mol. The lowest BCUT2D eigenvalue weighted by molar-refractivity contribution is -0.143. The number of rotatable bonds is 4. The third-order valence-corrected chi connectivity index (χ3v) is 2.78. The summed E-state index contributed by atoms with van der Waals surface area (Å²) in [5.74, 6) is 0.663. The molecule has 0 bridgehead atoms. The van der Waals surface area contributed by atoms with Crippen molar-refractivity contribution >= 4 is 5.96 Å². The number of aliphatic imine (C=N–C) groups is 1. The normalized spacial score (nSPS) is 22.3. The van der Waals surface area contributed by atoms with Gasteiger partial charge in [0.05, 0.1) is 6.54 Å². The Labute approximate surface area is 106 Å². The van der Waals surface area contributed by atoms with Crippen molar-refractivity contribution in [2.24, 2.45) is 4.99 Å². The van der Waals surface area contributed by atoms with Crippen LogP contribution in [0.2, 0.25) is 0 Å². The summed E-state index contributed by atoms with van der Waals surface area (Å²) in [6.45, 7) is 2.90. The SMILES string of the molecule is CCCNC(=NC)NC1CCN(CC(F)(F)F)C1. The summed E-state index contributed by atoms with van der Waals surface area (Å²) in [6, 6.07) is 0.0374. The van der Waals surface area contributed by atoms with Crippen LogP contribution in [0.15, 0.2) is 4.99 Å². The molecule has 1 rings (SSSR count). The molecule has 0 saturated carbocycles. The predicted molar refractivity (Wildman–Crippen MR) is 65.7 cm³/mol. The summed E-state index contributed by atoms with van der Waals surface area (Å²) < 4.78 is 36.7. The van der Waals surface area contributed by atoms with Gasteiger partial charge < -0.3 is 10.6 Å². The van der Waals surface area contributed by atoms with E-state index in [2.05, 4.69) is 15.6 Å². The molecular weight excluding hydrogens is 245 g/mol. The summed E-state index contributed by atoms with van der Waals surface area (Å²) in [7, 11) is 1.66. The molecule has 0 aromatic carbocycles. The number of alkyl halides is 3. The van der Waals surface area contributed by atoms with Gasteiger partial charge in [0.1, 0.15) is 0 Å². The van der Waals surface area contributed by atoms with E-state index in [1.807, 2.05) is 6.92 Å². The van der Waals surface area contributed by atoms with Gasteiger partial charge in [0.15, 0.2) is 5.96 Å². The molecule has 1 heterocycles. The first-order valence-electron chi connectivity index (χ1n) is 6.21. The fraction of sp³-hybridized carbons (Fsp3) is 0.909. The lowest BCUT2D eigenvalue weighted by atomic mass is 10.3. The molecule has 1 saturated heterocycles. The molecule has 0 aromatic heterocycles. The Bertz CT molecular complexity index is 278. The molecule has 0 spiro atoms. The minimum Gasteiger partial charge on any atom is -0.356 e. The summed E-state index contributed by atoms with van der Waals surface area (Å²) in [5, 5.41) is 6.25. The largest absolute Gasteiger partial charge is 0.401 e. The first-order valence-corrected chi connectivity index (χ1v) is 6.21. The van der Waals surface area contributed by atoms with Gasteiger partial charge in [-0.3, -0.25) is 9.89 Å². The molecule has 4 nitrogen and oxygen atoms in total. The number of hydrogen-bond donors (Lipinski definition) is 2. The fourth-order valence-electron chi connectivity index (χ4n) is 1.98. The van der Waals surface area contributed by atoms with Crippen LogP contribution in [0.25, 0.3) is 0 Å². The highest BCUT2D eigenvalue weighted by atomic mass is 19.4. The maximum atomic E-state index is 12.2. The quantitative estimate of drug-likeness (QED) is 0.593. The third kappa shape index (κ3) is 5.57. The second kappa shape index (κ2) is 6.82. The first kappa shape index (κ1) is 15.1. The van der Waals surface area contributed by atoms with Gasteiger partial charge in [-0.1, -0.05) is 6.92 Å². The molecule has 18 heavy (non-hydrogen) atoms. The van der Waals surface area contributed by atoms with E-state index in [4.69, 9.17) is 0 Å². The van der Waals surface area contributed by atoms with E-state index in [0.717, 1.165) is 13.0 Å². The second-order valence-corrected chi connectivity index (χ2v) is 4.48. The van der Waals surface area contributed by atoms with Crippen molar-refractivity contribution in [3.05, 3.63) is 0 Å². The van der Waals surface area contributed by atoms with Crippen molar-refractivity contribution in [3.8, 4) is 0 Å². The van der Waals surface area contributed by atoms with Gasteiger partial charge in [-0.25, -0.2) is 0 Å². The molecule has 7 heteroatoms. The Hall–Kier alpha value is -0.980. The van der Waals surface area contributed by atoms with Crippen molar-refractivity contribution in [2.45, 2.75) is 32.0 Å². The van der Waals surface area contributed by atoms with E-state index in [0.29, 0.717) is 25.5 Å². The Morgan fingerprint density at radius 1 is 1.44 bits per heavy atom.